The summed E-state index contributed by atoms with van der Waals surface area (Å²) in [6, 6.07) is 7.66. The van der Waals surface area contributed by atoms with Crippen molar-refractivity contribution >= 4 is 27.8 Å². The van der Waals surface area contributed by atoms with Crippen molar-refractivity contribution in [2.45, 2.75) is 40.3 Å². The lowest BCUT2D eigenvalue weighted by Crippen LogP contribution is -2.25. The Kier molecular flexibility index (Phi) is 5.64. The maximum absolute atomic E-state index is 10.4. The third-order valence-electron chi connectivity index (χ3n) is 6.14. The van der Waals surface area contributed by atoms with Crippen LogP contribution in [0, 0.1) is 12.3 Å². The van der Waals surface area contributed by atoms with Crippen LogP contribution in [-0.2, 0) is 0 Å². The first-order chi connectivity index (χ1) is 18.2. The van der Waals surface area contributed by atoms with Gasteiger partial charge in [0.2, 0.25) is 0 Å². The fraction of sp³-hybridized carbons (Fsp3) is 0.259. The number of imidazole rings is 2. The Bertz CT molecular complexity index is 1760. The van der Waals surface area contributed by atoms with E-state index in [1.165, 1.54) is 0 Å². The second-order valence-electron chi connectivity index (χ2n) is 10.6. The average molecular weight is 509 g/mol. The lowest BCUT2D eigenvalue weighted by Gasteiger charge is -2.23. The van der Waals surface area contributed by atoms with Gasteiger partial charge in [0.15, 0.2) is 17.3 Å². The van der Waals surface area contributed by atoms with E-state index in [1.54, 1.807) is 24.9 Å². The molecule has 0 spiro atoms. The molecule has 6 heterocycles. The average Bonchev–Trinajstić information content (AvgIpc) is 3.60. The largest absolute Gasteiger partial charge is 0.374 e. The number of fused-ring (bicyclic) bond motifs is 2. The maximum Gasteiger partial charge on any atom is 0.166 e. The minimum atomic E-state index is -0.679. The van der Waals surface area contributed by atoms with Crippen molar-refractivity contribution in [3.63, 3.8) is 0 Å². The molecular weight excluding hydrogens is 480 g/mol. The summed E-state index contributed by atoms with van der Waals surface area (Å²) in [7, 11) is 0. The molecule has 11 heteroatoms. The van der Waals surface area contributed by atoms with E-state index in [0.717, 1.165) is 33.7 Å². The Morgan fingerprint density at radius 2 is 1.92 bits per heavy atom. The van der Waals surface area contributed by atoms with Gasteiger partial charge in [-0.05, 0) is 43.0 Å². The van der Waals surface area contributed by atoms with E-state index in [1.807, 2.05) is 42.0 Å². The summed E-state index contributed by atoms with van der Waals surface area (Å²) in [4.78, 5) is 26.3. The fourth-order valence-electron chi connectivity index (χ4n) is 4.47. The molecule has 0 saturated heterocycles. The first-order valence-corrected chi connectivity index (χ1v) is 12.3. The summed E-state index contributed by atoms with van der Waals surface area (Å²) in [6.45, 7) is 8.20. The third kappa shape index (κ3) is 4.59. The minimum absolute atomic E-state index is 0.00702. The van der Waals surface area contributed by atoms with Gasteiger partial charge in [0.25, 0.3) is 0 Å². The zero-order valence-corrected chi connectivity index (χ0v) is 21.6. The topological polar surface area (TPSA) is 146 Å². The number of rotatable bonds is 6. The highest BCUT2D eigenvalue weighted by atomic mass is 16.3. The molecule has 0 radical (unpaired) electrons. The minimum Gasteiger partial charge on any atom is -0.374 e. The monoisotopic (exact) mass is 508 g/mol. The zero-order valence-electron chi connectivity index (χ0n) is 21.6. The van der Waals surface area contributed by atoms with Gasteiger partial charge < -0.3 is 15.4 Å². The summed E-state index contributed by atoms with van der Waals surface area (Å²) in [5.41, 5.74) is 6.78. The van der Waals surface area contributed by atoms with E-state index in [0.29, 0.717) is 34.8 Å². The van der Waals surface area contributed by atoms with Crippen LogP contribution in [0.2, 0.25) is 0 Å². The summed E-state index contributed by atoms with van der Waals surface area (Å²) in [6.07, 6.45) is 8.74. The highest BCUT2D eigenvalue weighted by Crippen LogP contribution is 2.30. The molecule has 0 aliphatic carbocycles. The zero-order chi connectivity index (χ0) is 26.4. The van der Waals surface area contributed by atoms with Crippen LogP contribution in [-0.4, -0.2) is 56.0 Å². The number of aliphatic hydroxyl groups is 1. The Morgan fingerprint density at radius 3 is 2.71 bits per heavy atom. The lowest BCUT2D eigenvalue weighted by molar-refractivity contribution is 0.145. The molecular formula is C27H28N10O. The van der Waals surface area contributed by atoms with Crippen LogP contribution in [0.5, 0.6) is 0 Å². The van der Waals surface area contributed by atoms with Crippen LogP contribution in [0.3, 0.4) is 0 Å². The predicted octanol–water partition coefficient (Wildman–Crippen LogP) is 4.62. The van der Waals surface area contributed by atoms with Crippen molar-refractivity contribution in [3.05, 3.63) is 61.1 Å². The highest BCUT2D eigenvalue weighted by Gasteiger charge is 2.19. The molecule has 0 fully saturated rings. The number of aromatic nitrogens is 9. The molecule has 0 aliphatic heterocycles. The molecule has 6 aromatic heterocycles. The van der Waals surface area contributed by atoms with Crippen molar-refractivity contribution in [2.75, 3.05) is 5.32 Å². The fourth-order valence-corrected chi connectivity index (χ4v) is 4.47. The van der Waals surface area contributed by atoms with Gasteiger partial charge in [0.05, 0.1) is 34.3 Å². The van der Waals surface area contributed by atoms with Crippen LogP contribution in [0.15, 0.2) is 55.4 Å². The van der Waals surface area contributed by atoms with E-state index in [4.69, 9.17) is 9.97 Å². The Hall–Kier alpha value is -4.64. The number of nitrogens with one attached hydrogen (secondary N) is 3. The number of pyridine rings is 3. The Labute approximate surface area is 218 Å². The van der Waals surface area contributed by atoms with E-state index in [9.17, 15) is 5.11 Å². The summed E-state index contributed by atoms with van der Waals surface area (Å²) in [5, 5.41) is 21.1. The van der Waals surface area contributed by atoms with Crippen molar-refractivity contribution < 1.29 is 5.11 Å². The van der Waals surface area contributed by atoms with E-state index in [-0.39, 0.29) is 5.41 Å². The van der Waals surface area contributed by atoms with Crippen molar-refractivity contribution in [1.82, 2.24) is 44.7 Å². The summed E-state index contributed by atoms with van der Waals surface area (Å²) < 4.78 is 1.85. The highest BCUT2D eigenvalue weighted by molar-refractivity contribution is 5.92. The molecule has 11 nitrogen and oxygen atoms in total. The van der Waals surface area contributed by atoms with Gasteiger partial charge >= 0.3 is 0 Å². The molecule has 6 rings (SSSR count). The summed E-state index contributed by atoms with van der Waals surface area (Å²) >= 11 is 0. The normalized spacial score (nSPS) is 12.9. The van der Waals surface area contributed by atoms with Crippen molar-refractivity contribution in [2.24, 2.45) is 5.41 Å². The third-order valence-corrected chi connectivity index (χ3v) is 6.14. The van der Waals surface area contributed by atoms with Crippen LogP contribution in [0.1, 0.15) is 32.9 Å². The predicted molar refractivity (Wildman–Crippen MR) is 146 cm³/mol. The number of anilines is 1. The van der Waals surface area contributed by atoms with Crippen LogP contribution >= 0.6 is 0 Å². The maximum atomic E-state index is 10.4. The Morgan fingerprint density at radius 1 is 1.05 bits per heavy atom. The molecule has 0 aliphatic rings. The lowest BCUT2D eigenvalue weighted by atomic mass is 9.91. The SMILES string of the molecule is Cc1cn(-c2nccc3[nH]c(-c4n[nH]c5ccc(-c6cncc(NC(O)CC(C)(C)C)c6)nc45)nc23)cn1. The van der Waals surface area contributed by atoms with Crippen molar-refractivity contribution in [1.29, 1.82) is 0 Å². The molecule has 6 aromatic rings. The van der Waals surface area contributed by atoms with Crippen LogP contribution in [0.25, 0.3) is 50.7 Å². The molecule has 38 heavy (non-hydrogen) atoms. The molecule has 0 bridgehead atoms. The van der Waals surface area contributed by atoms with Gasteiger partial charge in [-0.15, -0.1) is 0 Å². The first kappa shape index (κ1) is 23.7. The molecule has 1 atom stereocenters. The van der Waals surface area contributed by atoms with Gasteiger partial charge in [-0.3, -0.25) is 14.6 Å². The Balaban J connectivity index is 1.36. The van der Waals surface area contributed by atoms with Gasteiger partial charge in [-0.1, -0.05) is 20.8 Å². The van der Waals surface area contributed by atoms with Gasteiger partial charge in [-0.25, -0.2) is 19.9 Å². The summed E-state index contributed by atoms with van der Waals surface area (Å²) in [5.74, 6) is 1.27. The molecule has 0 aromatic carbocycles. The number of hydrogen-bond donors (Lipinski definition) is 4. The molecule has 0 saturated carbocycles. The van der Waals surface area contributed by atoms with Crippen LogP contribution in [0.4, 0.5) is 5.69 Å². The van der Waals surface area contributed by atoms with Crippen molar-refractivity contribution in [3.8, 4) is 28.6 Å². The number of aryl methyl sites for hydroxylation is 1. The van der Waals surface area contributed by atoms with E-state index < -0.39 is 6.23 Å². The van der Waals surface area contributed by atoms with E-state index in [2.05, 4.69) is 56.2 Å². The van der Waals surface area contributed by atoms with Gasteiger partial charge in [0, 0.05) is 24.2 Å². The molecule has 192 valence electrons. The standard InChI is InChI=1S/C27H28N10O/c1-15-13-37(14-30-15)26-23-19(7-8-29-26)33-25(34-23)24-22-20(35-36-24)6-5-18(32-22)16-9-17(12-28-11-16)31-21(38)10-27(2,3)4/h5-9,11-14,21,31,38H,10H2,1-4H3,(H,33,34)(H,35,36). The first-order valence-electron chi connectivity index (χ1n) is 12.3. The molecule has 0 amide bonds. The second-order valence-corrected chi connectivity index (χ2v) is 10.6. The molecule has 1 unspecified atom stereocenters. The number of nitrogens with zero attached hydrogens (tertiary/aromatic N) is 7. The van der Waals surface area contributed by atoms with E-state index >= 15 is 0 Å². The smallest absolute Gasteiger partial charge is 0.166 e. The van der Waals surface area contributed by atoms with Gasteiger partial charge in [0.1, 0.15) is 23.6 Å². The quantitative estimate of drug-likeness (QED) is 0.238. The second kappa shape index (κ2) is 9.03. The number of H-pyrrole nitrogens is 2. The number of aromatic amines is 2. The molecule has 4 N–H and O–H groups in total. The number of aliphatic hydroxyl groups excluding tert-OH is 1. The van der Waals surface area contributed by atoms with Gasteiger partial charge in [-0.2, -0.15) is 5.10 Å². The number of hydrogen-bond acceptors (Lipinski definition) is 8. The van der Waals surface area contributed by atoms with Crippen LogP contribution < -0.4 is 5.32 Å².